The van der Waals surface area contributed by atoms with E-state index < -0.39 is 27.2 Å². The molecular weight excluding hydrogens is 574 g/mol. The van der Waals surface area contributed by atoms with Crippen LogP contribution < -0.4 is 0 Å². The maximum absolute atomic E-state index is 8.89. The van der Waals surface area contributed by atoms with Crippen molar-refractivity contribution in [2.45, 2.75) is 0 Å². The minimum absolute atomic E-state index is 0. The van der Waals surface area contributed by atoms with E-state index in [0.29, 0.717) is 0 Å². The van der Waals surface area contributed by atoms with Crippen LogP contribution in [0.3, 0.4) is 0 Å². The fourth-order valence-electron chi connectivity index (χ4n) is 0. The van der Waals surface area contributed by atoms with Crippen LogP contribution in [0.4, 0.5) is 0 Å². The van der Waals surface area contributed by atoms with Gasteiger partial charge in [0.05, 0.1) is 0 Å². The fraction of sp³-hybridized carbons (Fsp3) is 0. The van der Waals surface area contributed by atoms with Crippen LogP contribution in [0, 0.1) is 31.1 Å². The normalized spacial score (nSPS) is 10.9. The minimum atomic E-state index is -4.33. The Morgan fingerprint density at radius 2 is 0.562 bits per heavy atom. The van der Waals surface area contributed by atoms with Crippen LogP contribution in [0.15, 0.2) is 0 Å². The molecule has 0 atom stereocenters. The monoisotopic (exact) mass is 574 g/mol. The third-order valence-electron chi connectivity index (χ3n) is 0. The van der Waals surface area contributed by atoms with Crippen molar-refractivity contribution in [1.29, 1.82) is 0 Å². The molecule has 0 aliphatic rings. The molecule has 0 amide bonds. The summed E-state index contributed by atoms with van der Waals surface area (Å²) >= 11 is 9.73. The van der Waals surface area contributed by atoms with E-state index in [4.69, 9.17) is 39.9 Å². The molecule has 0 saturated carbocycles. The first kappa shape index (κ1) is 26.5. The van der Waals surface area contributed by atoms with E-state index in [1.54, 1.807) is 0 Å². The number of hydrogen-bond acceptors (Lipinski definition) is 12. The van der Waals surface area contributed by atoms with Crippen molar-refractivity contribution in [3.05, 3.63) is 0 Å². The molecule has 0 radical (unpaired) electrons. The molecule has 0 unspecified atom stereocenters. The second kappa shape index (κ2) is 10.8. The van der Waals surface area contributed by atoms with Crippen LogP contribution in [0.5, 0.6) is 0 Å². The van der Waals surface area contributed by atoms with Gasteiger partial charge in [0.15, 0.2) is 0 Å². The second-order valence-electron chi connectivity index (χ2n) is 1.22. The SMILES string of the molecule is O=S([O-])([O-])=S.O=S([O-])([O-])=S.O=S([O-])([O-])=S.[U+6]. The summed E-state index contributed by atoms with van der Waals surface area (Å²) in [5.41, 5.74) is 0. The Morgan fingerprint density at radius 1 is 0.562 bits per heavy atom. The van der Waals surface area contributed by atoms with Gasteiger partial charge in [0.1, 0.15) is 0 Å². The zero-order chi connectivity index (χ0) is 13.5. The summed E-state index contributed by atoms with van der Waals surface area (Å²) in [6, 6.07) is 0. The van der Waals surface area contributed by atoms with Crippen molar-refractivity contribution >= 4 is 60.7 Å². The summed E-state index contributed by atoms with van der Waals surface area (Å²) in [6.07, 6.45) is 0. The van der Waals surface area contributed by atoms with Gasteiger partial charge in [-0.15, -0.1) is 27.2 Å². The Morgan fingerprint density at radius 3 is 0.562 bits per heavy atom. The predicted molar refractivity (Wildman–Crippen MR) is 51.2 cm³/mol. The smallest absolute Gasteiger partial charge is 0.780 e. The van der Waals surface area contributed by atoms with E-state index in [0.717, 1.165) is 0 Å². The average Bonchev–Trinajstić information content (AvgIpc) is 1.41. The number of rotatable bonds is 0. The molecule has 0 aliphatic carbocycles. The summed E-state index contributed by atoms with van der Waals surface area (Å²) in [6.45, 7) is 0. The molecule has 9 nitrogen and oxygen atoms in total. The van der Waals surface area contributed by atoms with Gasteiger partial charge >= 0.3 is 31.1 Å². The Kier molecular flexibility index (Phi) is 17.9. The van der Waals surface area contributed by atoms with Gasteiger partial charge in [-0.3, -0.25) is 12.6 Å². The number of hydrogen-bond donors (Lipinski definition) is 0. The zero-order valence-electron chi connectivity index (χ0n) is 6.62. The molecule has 0 bridgehead atoms. The Bertz CT molecular complexity index is 341. The Labute approximate surface area is 130 Å². The maximum atomic E-state index is 8.89. The van der Waals surface area contributed by atoms with Gasteiger partial charge in [0.25, 0.3) is 0 Å². The van der Waals surface area contributed by atoms with Gasteiger partial charge in [-0.05, 0) is 33.6 Å². The van der Waals surface area contributed by atoms with Gasteiger partial charge in [-0.2, -0.15) is 0 Å². The Hall–Kier alpha value is 1.92. The predicted octanol–water partition coefficient (Wildman–Crippen LogP) is -3.02. The van der Waals surface area contributed by atoms with E-state index >= 15 is 0 Å². The molecule has 0 rings (SSSR count). The maximum Gasteiger partial charge on any atom is 6.00 e. The summed E-state index contributed by atoms with van der Waals surface area (Å²) in [7, 11) is -13.0. The minimum Gasteiger partial charge on any atom is -0.780 e. The van der Waals surface area contributed by atoms with Crippen LogP contribution in [-0.2, 0) is 60.7 Å². The van der Waals surface area contributed by atoms with E-state index in [1.165, 1.54) is 0 Å². The van der Waals surface area contributed by atoms with Gasteiger partial charge in [0, 0.05) is 0 Å². The van der Waals surface area contributed by atoms with Gasteiger partial charge in [-0.1, -0.05) is 0 Å². The molecule has 0 aromatic rings. The third-order valence-corrected chi connectivity index (χ3v) is 0. The first-order valence-electron chi connectivity index (χ1n) is 2.00. The second-order valence-corrected chi connectivity index (χ2v) is 7.35. The first-order chi connectivity index (χ1) is 6.00. The molecule has 0 heterocycles. The van der Waals surface area contributed by atoms with Crippen molar-refractivity contribution in [1.82, 2.24) is 0 Å². The molecule has 16 heteroatoms. The quantitative estimate of drug-likeness (QED) is 0.285. The van der Waals surface area contributed by atoms with E-state index in [2.05, 4.69) is 33.6 Å². The van der Waals surface area contributed by atoms with E-state index in [-0.39, 0.29) is 31.1 Å². The largest absolute Gasteiger partial charge is 6.00 e. The van der Waals surface area contributed by atoms with Crippen LogP contribution in [0.25, 0.3) is 0 Å². The van der Waals surface area contributed by atoms with Gasteiger partial charge < -0.3 is 27.3 Å². The van der Waals surface area contributed by atoms with Crippen LogP contribution in [0.1, 0.15) is 0 Å². The summed E-state index contributed by atoms with van der Waals surface area (Å²) in [4.78, 5) is 0. The van der Waals surface area contributed by atoms with Crippen LogP contribution in [-0.4, -0.2) is 39.9 Å². The molecule has 0 saturated heterocycles. The molecule has 0 fully saturated rings. The zero-order valence-corrected chi connectivity index (χ0v) is 15.7. The molecule has 94 valence electrons. The van der Waals surface area contributed by atoms with Gasteiger partial charge in [0.2, 0.25) is 0 Å². The van der Waals surface area contributed by atoms with E-state index in [9.17, 15) is 0 Å². The molecule has 0 spiro atoms. The van der Waals surface area contributed by atoms with E-state index in [1.807, 2.05) is 0 Å². The average molecular weight is 574 g/mol. The first-order valence-corrected chi connectivity index (χ1v) is 9.00. The third kappa shape index (κ3) is 960. The summed E-state index contributed by atoms with van der Waals surface area (Å²) in [5, 5.41) is 0. The summed E-state index contributed by atoms with van der Waals surface area (Å²) in [5.74, 6) is 0. The fourth-order valence-corrected chi connectivity index (χ4v) is 0. The van der Waals surface area contributed by atoms with Crippen molar-refractivity contribution in [2.75, 3.05) is 0 Å². The Balaban J connectivity index is -0.0000000655. The topological polar surface area (TPSA) is 190 Å². The van der Waals surface area contributed by atoms with Crippen molar-refractivity contribution < 1.29 is 71.1 Å². The van der Waals surface area contributed by atoms with Gasteiger partial charge in [-0.25, -0.2) is 0 Å². The van der Waals surface area contributed by atoms with Crippen LogP contribution >= 0.6 is 0 Å². The molecule has 0 N–H and O–H groups in total. The molecule has 16 heavy (non-hydrogen) atoms. The molecule has 0 aromatic heterocycles. The summed E-state index contributed by atoms with van der Waals surface area (Å²) < 4.78 is 80.0. The molecule has 0 aliphatic heterocycles. The standard InChI is InChI=1S/3H2O3S2.U/c3*1-5(2,3)4;/h3*(H2,1,2,3,4);/q;;;+6/p-6. The van der Waals surface area contributed by atoms with Crippen molar-refractivity contribution in [2.24, 2.45) is 0 Å². The van der Waals surface area contributed by atoms with Crippen molar-refractivity contribution in [3.63, 3.8) is 0 Å². The molecular formula is O9S6U. The van der Waals surface area contributed by atoms with Crippen molar-refractivity contribution in [3.8, 4) is 0 Å². The van der Waals surface area contributed by atoms with Crippen LogP contribution in [0.2, 0.25) is 0 Å². The molecule has 0 aromatic carbocycles.